The van der Waals surface area contributed by atoms with Crippen molar-refractivity contribution in [3.8, 4) is 0 Å². The molecule has 76 valence electrons. The first-order valence-corrected chi connectivity index (χ1v) is 5.00. The Labute approximate surface area is 81.0 Å². The predicted molar refractivity (Wildman–Crippen MR) is 54.5 cm³/mol. The van der Waals surface area contributed by atoms with Crippen molar-refractivity contribution in [1.29, 1.82) is 0 Å². The van der Waals surface area contributed by atoms with Gasteiger partial charge in [-0.2, -0.15) is 0 Å². The van der Waals surface area contributed by atoms with Gasteiger partial charge in [-0.15, -0.1) is 0 Å². The van der Waals surface area contributed by atoms with E-state index in [9.17, 15) is 4.79 Å². The number of esters is 1. The summed E-state index contributed by atoms with van der Waals surface area (Å²) < 4.78 is 4.75. The lowest BCUT2D eigenvalue weighted by Gasteiger charge is -2.09. The maximum Gasteiger partial charge on any atom is 0.333 e. The minimum absolute atomic E-state index is 0.152. The summed E-state index contributed by atoms with van der Waals surface area (Å²) in [5, 5.41) is 0. The zero-order valence-electron chi connectivity index (χ0n) is 9.14. The van der Waals surface area contributed by atoms with Gasteiger partial charge in [0.05, 0.1) is 7.11 Å². The highest BCUT2D eigenvalue weighted by atomic mass is 16.5. The van der Waals surface area contributed by atoms with E-state index in [4.69, 9.17) is 4.74 Å². The van der Waals surface area contributed by atoms with Crippen LogP contribution in [0.15, 0.2) is 11.1 Å². The van der Waals surface area contributed by atoms with Crippen molar-refractivity contribution in [3.05, 3.63) is 11.1 Å². The molecule has 0 aliphatic rings. The number of ether oxygens (including phenoxy) is 1. The van der Waals surface area contributed by atoms with Crippen molar-refractivity contribution in [1.82, 2.24) is 0 Å². The molecule has 0 unspecified atom stereocenters. The van der Waals surface area contributed by atoms with E-state index >= 15 is 0 Å². The fourth-order valence-electron chi connectivity index (χ4n) is 1.47. The van der Waals surface area contributed by atoms with Crippen molar-refractivity contribution < 1.29 is 9.53 Å². The number of methoxy groups -OCH3 is 1. The number of carbonyl (C=O) groups excluding carboxylic acids is 1. The van der Waals surface area contributed by atoms with E-state index < -0.39 is 0 Å². The minimum Gasteiger partial charge on any atom is -0.466 e. The number of hydrogen-bond acceptors (Lipinski definition) is 2. The van der Waals surface area contributed by atoms with Crippen LogP contribution in [0.25, 0.3) is 0 Å². The van der Waals surface area contributed by atoms with Gasteiger partial charge in [-0.1, -0.05) is 32.8 Å². The Bertz CT molecular complexity index is 186. The topological polar surface area (TPSA) is 26.3 Å². The van der Waals surface area contributed by atoms with E-state index in [1.807, 2.05) is 0 Å². The lowest BCUT2D eigenvalue weighted by molar-refractivity contribution is -0.136. The number of allylic oxidation sites excluding steroid dienone is 1. The fourth-order valence-corrected chi connectivity index (χ4v) is 1.47. The maximum atomic E-state index is 11.4. The summed E-state index contributed by atoms with van der Waals surface area (Å²) in [6.45, 7) is 6.24. The van der Waals surface area contributed by atoms with Crippen LogP contribution in [0, 0.1) is 0 Å². The summed E-state index contributed by atoms with van der Waals surface area (Å²) in [6.07, 6.45) is 3.72. The van der Waals surface area contributed by atoms with Gasteiger partial charge in [0.1, 0.15) is 0 Å². The highest BCUT2D eigenvalue weighted by Crippen LogP contribution is 2.18. The molecule has 0 spiro atoms. The third-order valence-electron chi connectivity index (χ3n) is 2.21. The average molecular weight is 184 g/mol. The fraction of sp³-hybridized carbons (Fsp3) is 0.727. The van der Waals surface area contributed by atoms with Crippen LogP contribution in [-0.4, -0.2) is 13.1 Å². The molecule has 13 heavy (non-hydrogen) atoms. The van der Waals surface area contributed by atoms with Crippen LogP contribution in [0.3, 0.4) is 0 Å². The Morgan fingerprint density at radius 1 is 1.15 bits per heavy atom. The molecule has 0 bridgehead atoms. The van der Waals surface area contributed by atoms with Crippen LogP contribution >= 0.6 is 0 Å². The van der Waals surface area contributed by atoms with Crippen molar-refractivity contribution in [2.75, 3.05) is 7.11 Å². The molecule has 0 aliphatic heterocycles. The molecule has 0 aliphatic carbocycles. The second-order valence-corrected chi connectivity index (χ2v) is 3.03. The highest BCUT2D eigenvalue weighted by Gasteiger charge is 2.12. The predicted octanol–water partition coefficient (Wildman–Crippen LogP) is 3.08. The van der Waals surface area contributed by atoms with Gasteiger partial charge in [0.25, 0.3) is 0 Å². The normalized spacial score (nSPS) is 9.54. The number of rotatable bonds is 5. The van der Waals surface area contributed by atoms with Gasteiger partial charge in [0.15, 0.2) is 0 Å². The first kappa shape index (κ1) is 12.2. The van der Waals surface area contributed by atoms with Gasteiger partial charge in [0.2, 0.25) is 0 Å². The smallest absolute Gasteiger partial charge is 0.333 e. The van der Waals surface area contributed by atoms with Crippen LogP contribution in [-0.2, 0) is 9.53 Å². The summed E-state index contributed by atoms with van der Waals surface area (Å²) in [4.78, 5) is 11.4. The summed E-state index contributed by atoms with van der Waals surface area (Å²) in [6, 6.07) is 0. The zero-order chi connectivity index (χ0) is 10.3. The molecule has 0 saturated heterocycles. The quantitative estimate of drug-likeness (QED) is 0.485. The average Bonchev–Trinajstić information content (AvgIpc) is 2.17. The Morgan fingerprint density at radius 3 is 2.00 bits per heavy atom. The Kier molecular flexibility index (Phi) is 6.29. The first-order chi connectivity index (χ1) is 6.21. The zero-order valence-corrected chi connectivity index (χ0v) is 9.14. The molecular weight excluding hydrogens is 164 g/mol. The van der Waals surface area contributed by atoms with Crippen LogP contribution in [0.5, 0.6) is 0 Å². The molecule has 0 N–H and O–H groups in total. The van der Waals surface area contributed by atoms with Crippen LogP contribution < -0.4 is 0 Å². The molecule has 0 fully saturated rings. The standard InChI is InChI=1S/C11H20O2/c1-5-8-10(11(12)13-4)9(6-2)7-3/h5-8H2,1-4H3. The summed E-state index contributed by atoms with van der Waals surface area (Å²) in [7, 11) is 1.45. The second-order valence-electron chi connectivity index (χ2n) is 3.03. The second kappa shape index (κ2) is 6.70. The van der Waals surface area contributed by atoms with Gasteiger partial charge >= 0.3 is 5.97 Å². The Balaban J connectivity index is 4.72. The van der Waals surface area contributed by atoms with E-state index in [0.717, 1.165) is 31.3 Å². The van der Waals surface area contributed by atoms with E-state index in [-0.39, 0.29) is 5.97 Å². The molecular formula is C11H20O2. The lowest BCUT2D eigenvalue weighted by atomic mass is 9.99. The lowest BCUT2D eigenvalue weighted by Crippen LogP contribution is -2.07. The molecule has 0 atom stereocenters. The molecule has 2 heteroatoms. The summed E-state index contributed by atoms with van der Waals surface area (Å²) >= 11 is 0. The van der Waals surface area contributed by atoms with Crippen LogP contribution in [0.4, 0.5) is 0 Å². The Morgan fingerprint density at radius 2 is 1.69 bits per heavy atom. The molecule has 2 nitrogen and oxygen atoms in total. The molecule has 0 saturated carbocycles. The third kappa shape index (κ3) is 3.62. The molecule has 0 aromatic rings. The number of carbonyl (C=O) groups is 1. The Hall–Kier alpha value is -0.790. The van der Waals surface area contributed by atoms with Gasteiger partial charge in [-0.05, 0) is 19.3 Å². The highest BCUT2D eigenvalue weighted by molar-refractivity contribution is 5.89. The minimum atomic E-state index is -0.152. The summed E-state index contributed by atoms with van der Waals surface area (Å²) in [5.74, 6) is -0.152. The number of hydrogen-bond donors (Lipinski definition) is 0. The van der Waals surface area contributed by atoms with E-state index in [0.29, 0.717) is 0 Å². The van der Waals surface area contributed by atoms with Gasteiger partial charge < -0.3 is 4.74 Å². The van der Waals surface area contributed by atoms with Crippen molar-refractivity contribution >= 4 is 5.97 Å². The molecule has 0 rings (SSSR count). The van der Waals surface area contributed by atoms with Crippen molar-refractivity contribution in [3.63, 3.8) is 0 Å². The van der Waals surface area contributed by atoms with Gasteiger partial charge in [-0.25, -0.2) is 4.79 Å². The largest absolute Gasteiger partial charge is 0.466 e. The molecule has 0 heterocycles. The van der Waals surface area contributed by atoms with Crippen LogP contribution in [0.2, 0.25) is 0 Å². The van der Waals surface area contributed by atoms with Crippen molar-refractivity contribution in [2.24, 2.45) is 0 Å². The van der Waals surface area contributed by atoms with E-state index in [1.165, 1.54) is 12.7 Å². The van der Waals surface area contributed by atoms with Gasteiger partial charge in [-0.3, -0.25) is 0 Å². The van der Waals surface area contributed by atoms with Crippen molar-refractivity contribution in [2.45, 2.75) is 46.5 Å². The van der Waals surface area contributed by atoms with Crippen LogP contribution in [0.1, 0.15) is 46.5 Å². The third-order valence-corrected chi connectivity index (χ3v) is 2.21. The SMILES string of the molecule is CCCC(C(=O)OC)=C(CC)CC. The molecule has 0 amide bonds. The molecule has 0 aromatic heterocycles. The molecule has 0 radical (unpaired) electrons. The maximum absolute atomic E-state index is 11.4. The van der Waals surface area contributed by atoms with Gasteiger partial charge in [0, 0.05) is 5.57 Å². The van der Waals surface area contributed by atoms with E-state index in [2.05, 4.69) is 20.8 Å². The van der Waals surface area contributed by atoms with E-state index in [1.54, 1.807) is 0 Å². The first-order valence-electron chi connectivity index (χ1n) is 5.00. The summed E-state index contributed by atoms with van der Waals surface area (Å²) in [5.41, 5.74) is 2.11. The molecule has 0 aromatic carbocycles. The monoisotopic (exact) mass is 184 g/mol.